The molecule has 0 bridgehead atoms. The molecule has 0 N–H and O–H groups in total. The van der Waals surface area contributed by atoms with Gasteiger partial charge in [0.2, 0.25) is 0 Å². The molecule has 0 amide bonds. The quantitative estimate of drug-likeness (QED) is 0.133. The van der Waals surface area contributed by atoms with E-state index >= 15 is 0 Å². The Labute approximate surface area is 411 Å². The molecule has 0 unspecified atom stereocenters. The van der Waals surface area contributed by atoms with Crippen LogP contribution in [0, 0.1) is 20.8 Å². The van der Waals surface area contributed by atoms with Crippen molar-refractivity contribution >= 4 is 83.6 Å². The van der Waals surface area contributed by atoms with Gasteiger partial charge in [0.25, 0.3) is 0 Å². The molecular formula is C68H54N2. The van der Waals surface area contributed by atoms with E-state index < -0.39 is 0 Å². The van der Waals surface area contributed by atoms with E-state index in [2.05, 4.69) is 251 Å². The van der Waals surface area contributed by atoms with Crippen molar-refractivity contribution in [1.29, 1.82) is 0 Å². The highest BCUT2D eigenvalue weighted by atomic mass is 15.2. The maximum absolute atomic E-state index is 4.69. The van der Waals surface area contributed by atoms with Gasteiger partial charge < -0.3 is 9.80 Å². The van der Waals surface area contributed by atoms with Crippen LogP contribution in [0.25, 0.3) is 83.1 Å². The van der Waals surface area contributed by atoms with Gasteiger partial charge in [0, 0.05) is 28.1 Å². The van der Waals surface area contributed by atoms with Gasteiger partial charge in [0.15, 0.2) is 0 Å². The fourth-order valence-corrected chi connectivity index (χ4v) is 11.5. The summed E-state index contributed by atoms with van der Waals surface area (Å²) in [5.41, 5.74) is 24.1. The molecule has 0 saturated heterocycles. The van der Waals surface area contributed by atoms with Crippen LogP contribution in [-0.2, 0) is 0 Å². The second-order valence-electron chi connectivity index (χ2n) is 19.2. The summed E-state index contributed by atoms with van der Waals surface area (Å²) < 4.78 is 0. The lowest BCUT2D eigenvalue weighted by molar-refractivity contribution is 1.04. The van der Waals surface area contributed by atoms with Crippen LogP contribution in [0.1, 0.15) is 54.5 Å². The largest absolute Gasteiger partial charge is 0.314 e. The van der Waals surface area contributed by atoms with E-state index in [-0.39, 0.29) is 0 Å². The first kappa shape index (κ1) is 42.9. The Morgan fingerprint density at radius 2 is 1.09 bits per heavy atom. The minimum Gasteiger partial charge on any atom is -0.314 e. The van der Waals surface area contributed by atoms with Gasteiger partial charge in [-0.15, -0.1) is 0 Å². The van der Waals surface area contributed by atoms with Gasteiger partial charge >= 0.3 is 0 Å². The summed E-state index contributed by atoms with van der Waals surface area (Å²) in [5, 5.41) is 11.4. The van der Waals surface area contributed by atoms with E-state index in [4.69, 9.17) is 0 Å². The molecule has 10 aromatic carbocycles. The van der Waals surface area contributed by atoms with Crippen molar-refractivity contribution in [2.45, 2.75) is 47.5 Å². The lowest BCUT2D eigenvalue weighted by atomic mass is 9.87. The van der Waals surface area contributed by atoms with E-state index in [9.17, 15) is 0 Å². The monoisotopic (exact) mass is 898 g/mol. The van der Waals surface area contributed by atoms with E-state index in [0.29, 0.717) is 0 Å². The zero-order valence-electron chi connectivity index (χ0n) is 40.6. The van der Waals surface area contributed by atoms with E-state index in [0.717, 1.165) is 41.3 Å². The molecule has 10 aromatic rings. The summed E-state index contributed by atoms with van der Waals surface area (Å²) in [6.45, 7) is 15.6. The van der Waals surface area contributed by atoms with Gasteiger partial charge in [-0.2, -0.15) is 0 Å². The van der Waals surface area contributed by atoms with Crippen molar-refractivity contribution in [3.63, 3.8) is 0 Å². The second kappa shape index (κ2) is 17.3. The highest BCUT2D eigenvalue weighted by molar-refractivity contribution is 6.41. The first-order valence-electron chi connectivity index (χ1n) is 24.6. The molecule has 0 radical (unpaired) electrons. The summed E-state index contributed by atoms with van der Waals surface area (Å²) >= 11 is 0. The van der Waals surface area contributed by atoms with Crippen LogP contribution in [0.5, 0.6) is 0 Å². The third-order valence-corrected chi connectivity index (χ3v) is 14.7. The molecule has 0 saturated carbocycles. The predicted molar refractivity (Wildman–Crippen MR) is 302 cm³/mol. The van der Waals surface area contributed by atoms with E-state index in [1.807, 2.05) is 6.08 Å². The number of allylic oxidation sites excluding steroid dienone is 6. The minimum atomic E-state index is 0.921. The molecule has 0 spiro atoms. The zero-order chi connectivity index (χ0) is 47.6. The SMILES string of the molecule is C=Cc1c2c(c3c(-c4ccccc4)c4c5cccc6c(N(C7=C=CC=C(C)C=C7)c7ccc(C)cc7)ccc(c4c(-c4ccccc4)c13)c65)=CCC/C2=C(/C)N(c1ccc(C)cc1)c1ccc(C)cc1. The van der Waals surface area contributed by atoms with Gasteiger partial charge in [-0.3, -0.25) is 0 Å². The normalized spacial score (nSPS) is 14.1. The number of nitrogens with zero attached hydrogens (tertiary/aromatic N) is 2. The molecule has 2 nitrogen and oxygen atoms in total. The lowest BCUT2D eigenvalue weighted by Crippen LogP contribution is -2.20. The van der Waals surface area contributed by atoms with Gasteiger partial charge in [-0.1, -0.05) is 180 Å². The van der Waals surface area contributed by atoms with Crippen molar-refractivity contribution < 1.29 is 0 Å². The molecule has 12 rings (SSSR count). The first-order chi connectivity index (χ1) is 34.3. The molecule has 0 aliphatic heterocycles. The minimum absolute atomic E-state index is 0.921. The summed E-state index contributed by atoms with van der Waals surface area (Å²) in [5.74, 6) is 0. The van der Waals surface area contributed by atoms with Crippen molar-refractivity contribution in [2.24, 2.45) is 0 Å². The summed E-state index contributed by atoms with van der Waals surface area (Å²) in [4.78, 5) is 4.85. The standard InChI is InChI=1S/C68H54N2/c1-7-54-63-55(47(6)69(51-35-28-44(3)29-36-51)52-37-30-45(4)31-38-52)23-15-25-57(63)66-62(49-20-12-9-13-21-49)67-58-26-16-24-56-60(70(53-39-32-46(5)33-40-53)50-22-14-17-43(2)27-34-50)42-41-59(64(56)58)68(67)61(65(54)66)48-18-10-8-11-19-48/h7-14,16-21,24-42H,1,15,23H2,2-6H3/b55-47+. The predicted octanol–water partition coefficient (Wildman–Crippen LogP) is 18.2. The van der Waals surface area contributed by atoms with Crippen LogP contribution in [0.4, 0.5) is 22.7 Å². The number of fused-ring (bicyclic) bond motifs is 6. The third-order valence-electron chi connectivity index (χ3n) is 14.7. The Morgan fingerprint density at radius 3 is 1.69 bits per heavy atom. The molecule has 0 fully saturated rings. The second-order valence-corrected chi connectivity index (χ2v) is 19.2. The highest BCUT2D eigenvalue weighted by Crippen LogP contribution is 2.55. The van der Waals surface area contributed by atoms with E-state index in [1.54, 1.807) is 0 Å². The molecule has 2 aliphatic carbocycles. The molecule has 336 valence electrons. The average Bonchev–Trinajstić information content (AvgIpc) is 3.81. The van der Waals surface area contributed by atoms with Crippen LogP contribution in [0.3, 0.4) is 0 Å². The van der Waals surface area contributed by atoms with Crippen LogP contribution in [0.15, 0.2) is 217 Å². The Kier molecular flexibility index (Phi) is 10.6. The lowest BCUT2D eigenvalue weighted by Gasteiger charge is -2.30. The summed E-state index contributed by atoms with van der Waals surface area (Å²) in [7, 11) is 0. The molecule has 2 aliphatic rings. The Bertz CT molecular complexity index is 3890. The topological polar surface area (TPSA) is 6.48 Å². The Balaban J connectivity index is 1.23. The van der Waals surface area contributed by atoms with Gasteiger partial charge in [-0.25, -0.2) is 0 Å². The Hall–Kier alpha value is -8.42. The molecular weight excluding hydrogens is 845 g/mol. The maximum atomic E-state index is 4.69. The summed E-state index contributed by atoms with van der Waals surface area (Å²) in [6.07, 6.45) is 15.1. The average molecular weight is 899 g/mol. The number of hydrogen-bond acceptors (Lipinski definition) is 2. The number of rotatable bonds is 9. The maximum Gasteiger partial charge on any atom is 0.0890 e. The molecule has 0 atom stereocenters. The number of anilines is 4. The van der Waals surface area contributed by atoms with Crippen LogP contribution >= 0.6 is 0 Å². The van der Waals surface area contributed by atoms with Crippen LogP contribution in [-0.4, -0.2) is 0 Å². The molecule has 2 heteroatoms. The van der Waals surface area contributed by atoms with Crippen molar-refractivity contribution in [2.75, 3.05) is 9.80 Å². The third kappa shape index (κ3) is 6.94. The highest BCUT2D eigenvalue weighted by Gasteiger charge is 2.31. The van der Waals surface area contributed by atoms with Gasteiger partial charge in [0.1, 0.15) is 0 Å². The fourth-order valence-electron chi connectivity index (χ4n) is 11.5. The van der Waals surface area contributed by atoms with Crippen molar-refractivity contribution in [3.05, 3.63) is 250 Å². The zero-order valence-corrected chi connectivity index (χ0v) is 40.6. The van der Waals surface area contributed by atoms with Crippen LogP contribution < -0.4 is 15.0 Å². The van der Waals surface area contributed by atoms with Gasteiger partial charge in [-0.05, 0) is 184 Å². The summed E-state index contributed by atoms with van der Waals surface area (Å²) in [6, 6.07) is 60.8. The fraction of sp³-hybridized carbons (Fsp3) is 0.103. The number of hydrogen-bond donors (Lipinski definition) is 0. The number of benzene rings is 8. The molecule has 0 aromatic heterocycles. The molecule has 0 heterocycles. The van der Waals surface area contributed by atoms with Crippen molar-refractivity contribution in [1.82, 2.24) is 0 Å². The smallest absolute Gasteiger partial charge is 0.0890 e. The first-order valence-corrected chi connectivity index (χ1v) is 24.6. The Morgan fingerprint density at radius 1 is 0.529 bits per heavy atom. The molecule has 70 heavy (non-hydrogen) atoms. The van der Waals surface area contributed by atoms with E-state index in [1.165, 1.54) is 115 Å². The van der Waals surface area contributed by atoms with Gasteiger partial charge in [0.05, 0.1) is 11.4 Å². The van der Waals surface area contributed by atoms with Crippen molar-refractivity contribution in [3.8, 4) is 22.3 Å². The van der Waals surface area contributed by atoms with Crippen LogP contribution in [0.2, 0.25) is 0 Å². The number of aryl methyl sites for hydroxylation is 3.